The summed E-state index contributed by atoms with van der Waals surface area (Å²) in [6, 6.07) is 19.9. The summed E-state index contributed by atoms with van der Waals surface area (Å²) in [6.07, 6.45) is 3.38. The molecule has 1 aliphatic heterocycles. The smallest absolute Gasteiger partial charge is 0.161 e. The highest BCUT2D eigenvalue weighted by molar-refractivity contribution is 5.83. The molecule has 4 aromatic rings. The van der Waals surface area contributed by atoms with Gasteiger partial charge in [-0.1, -0.05) is 36.4 Å². The Bertz CT molecular complexity index is 1340. The Labute approximate surface area is 205 Å². The van der Waals surface area contributed by atoms with Crippen LogP contribution in [0.15, 0.2) is 60.7 Å². The molecule has 1 saturated heterocycles. The summed E-state index contributed by atoms with van der Waals surface area (Å²) in [5.74, 6) is 1.84. The molecule has 1 fully saturated rings. The van der Waals surface area contributed by atoms with E-state index in [1.54, 1.807) is 19.2 Å². The van der Waals surface area contributed by atoms with Crippen molar-refractivity contribution in [1.82, 2.24) is 15.1 Å². The predicted molar refractivity (Wildman–Crippen MR) is 137 cm³/mol. The highest BCUT2D eigenvalue weighted by atomic mass is 16.5. The van der Waals surface area contributed by atoms with Crippen molar-refractivity contribution in [1.29, 1.82) is 0 Å². The van der Waals surface area contributed by atoms with Crippen LogP contribution in [0, 0.1) is 0 Å². The molecule has 6 nitrogen and oxygen atoms in total. The van der Waals surface area contributed by atoms with Crippen LogP contribution in [0.5, 0.6) is 17.2 Å². The van der Waals surface area contributed by atoms with Gasteiger partial charge in [0, 0.05) is 29.7 Å². The summed E-state index contributed by atoms with van der Waals surface area (Å²) in [5, 5.41) is 17.5. The number of methoxy groups -OCH3 is 1. The Morgan fingerprint density at radius 2 is 1.60 bits per heavy atom. The zero-order chi connectivity index (χ0) is 23.8. The van der Waals surface area contributed by atoms with Crippen LogP contribution in [0.25, 0.3) is 33.6 Å². The van der Waals surface area contributed by atoms with Gasteiger partial charge >= 0.3 is 0 Å². The quantitative estimate of drug-likeness (QED) is 0.331. The number of hydrogen-bond acceptors (Lipinski definition) is 5. The lowest BCUT2D eigenvalue weighted by Gasteiger charge is -2.17. The second-order valence-electron chi connectivity index (χ2n) is 9.28. The van der Waals surface area contributed by atoms with Gasteiger partial charge in [-0.3, -0.25) is 10.00 Å². The Balaban J connectivity index is 1.23. The van der Waals surface area contributed by atoms with E-state index in [4.69, 9.17) is 9.47 Å². The minimum atomic E-state index is 0.272. The number of likely N-dealkylation sites (tertiary alicyclic amines) is 1. The van der Waals surface area contributed by atoms with Crippen LogP contribution >= 0.6 is 0 Å². The minimum Gasteiger partial charge on any atom is -0.508 e. The van der Waals surface area contributed by atoms with Gasteiger partial charge in [-0.05, 0) is 66.9 Å². The van der Waals surface area contributed by atoms with Crippen LogP contribution < -0.4 is 9.47 Å². The molecular weight excluding hydrogens is 438 g/mol. The second kappa shape index (κ2) is 9.12. The molecule has 0 radical (unpaired) electrons. The first kappa shape index (κ1) is 21.7. The van der Waals surface area contributed by atoms with Crippen molar-refractivity contribution in [2.24, 2.45) is 0 Å². The van der Waals surface area contributed by atoms with Gasteiger partial charge in [0.05, 0.1) is 18.5 Å². The number of aromatic amines is 1. The molecule has 0 amide bonds. The topological polar surface area (TPSA) is 70.6 Å². The van der Waals surface area contributed by atoms with E-state index in [0.29, 0.717) is 6.61 Å². The molecule has 6 rings (SSSR count). The fourth-order valence-electron chi connectivity index (χ4n) is 5.21. The van der Waals surface area contributed by atoms with E-state index in [1.165, 1.54) is 37.1 Å². The molecule has 2 aliphatic rings. The molecule has 0 unspecified atom stereocenters. The minimum absolute atomic E-state index is 0.272. The van der Waals surface area contributed by atoms with E-state index in [0.717, 1.165) is 58.1 Å². The zero-order valence-corrected chi connectivity index (χ0v) is 19.9. The maximum atomic E-state index is 9.54. The number of benzene rings is 3. The average Bonchev–Trinajstić information content (AvgIpc) is 3.62. The standard InChI is InChI=1S/C29H29N3O3/c1-34-26-18-24-22(17-27(26)35-15-14-32-12-2-3-13-32)16-25-28(30-31-29(24)25)21-6-4-19(5-7-21)20-8-10-23(33)11-9-20/h4-11,17-18,33H,2-3,12-16H2,1H3,(H,30,31). The molecule has 35 heavy (non-hydrogen) atoms. The Kier molecular flexibility index (Phi) is 5.66. The van der Waals surface area contributed by atoms with Crippen molar-refractivity contribution in [3.63, 3.8) is 0 Å². The monoisotopic (exact) mass is 467 g/mol. The molecule has 2 heterocycles. The van der Waals surface area contributed by atoms with Crippen molar-refractivity contribution in [3.8, 4) is 50.9 Å². The maximum Gasteiger partial charge on any atom is 0.161 e. The van der Waals surface area contributed by atoms with Crippen LogP contribution in [0.1, 0.15) is 24.0 Å². The number of nitrogens with zero attached hydrogens (tertiary/aromatic N) is 2. The van der Waals surface area contributed by atoms with Crippen LogP contribution in [0.4, 0.5) is 0 Å². The number of aromatic nitrogens is 2. The van der Waals surface area contributed by atoms with Gasteiger partial charge < -0.3 is 14.6 Å². The first-order chi connectivity index (χ1) is 17.2. The summed E-state index contributed by atoms with van der Waals surface area (Å²) in [6.45, 7) is 3.96. The van der Waals surface area contributed by atoms with Gasteiger partial charge in [0.25, 0.3) is 0 Å². The molecule has 0 bridgehead atoms. The number of rotatable bonds is 7. The molecule has 0 atom stereocenters. The lowest BCUT2D eigenvalue weighted by molar-refractivity contribution is 0.230. The maximum absolute atomic E-state index is 9.54. The fourth-order valence-corrected chi connectivity index (χ4v) is 5.21. The highest BCUT2D eigenvalue weighted by Crippen LogP contribution is 2.45. The third-order valence-electron chi connectivity index (χ3n) is 7.12. The van der Waals surface area contributed by atoms with Crippen LogP contribution in [-0.2, 0) is 6.42 Å². The van der Waals surface area contributed by atoms with E-state index < -0.39 is 0 Å². The summed E-state index contributed by atoms with van der Waals surface area (Å²) >= 11 is 0. The number of nitrogens with one attached hydrogen (secondary N) is 1. The molecule has 2 N–H and O–H groups in total. The van der Waals surface area contributed by atoms with E-state index in [9.17, 15) is 5.11 Å². The van der Waals surface area contributed by atoms with Gasteiger partial charge in [-0.25, -0.2) is 0 Å². The zero-order valence-electron chi connectivity index (χ0n) is 19.9. The average molecular weight is 468 g/mol. The van der Waals surface area contributed by atoms with E-state index in [1.807, 2.05) is 12.1 Å². The van der Waals surface area contributed by atoms with Crippen molar-refractivity contribution in [2.75, 3.05) is 33.4 Å². The number of phenols is 1. The molecule has 1 aromatic heterocycles. The summed E-state index contributed by atoms with van der Waals surface area (Å²) in [7, 11) is 1.69. The Morgan fingerprint density at radius 1 is 0.914 bits per heavy atom. The fraction of sp³-hybridized carbons (Fsp3) is 0.276. The largest absolute Gasteiger partial charge is 0.508 e. The molecule has 178 valence electrons. The SMILES string of the molecule is COc1cc2c(cc1OCCN1CCCC1)Cc1c(-c3ccc(-c4ccc(O)cc4)cc3)n[nH]c1-2. The molecule has 6 heteroatoms. The molecule has 1 aliphatic carbocycles. The third kappa shape index (κ3) is 4.15. The van der Waals surface area contributed by atoms with E-state index in [-0.39, 0.29) is 5.75 Å². The molecular formula is C29H29N3O3. The van der Waals surface area contributed by atoms with Gasteiger partial charge in [0.2, 0.25) is 0 Å². The summed E-state index contributed by atoms with van der Waals surface area (Å²) in [5.41, 5.74) is 8.84. The first-order valence-corrected chi connectivity index (χ1v) is 12.2. The van der Waals surface area contributed by atoms with Crippen molar-refractivity contribution in [2.45, 2.75) is 19.3 Å². The predicted octanol–water partition coefficient (Wildman–Crippen LogP) is 5.50. The summed E-state index contributed by atoms with van der Waals surface area (Å²) in [4.78, 5) is 2.45. The van der Waals surface area contributed by atoms with Crippen LogP contribution in [0.2, 0.25) is 0 Å². The third-order valence-corrected chi connectivity index (χ3v) is 7.12. The van der Waals surface area contributed by atoms with Crippen molar-refractivity contribution >= 4 is 0 Å². The lowest BCUT2D eigenvalue weighted by atomic mass is 10.0. The van der Waals surface area contributed by atoms with E-state index >= 15 is 0 Å². The Morgan fingerprint density at radius 3 is 2.31 bits per heavy atom. The lowest BCUT2D eigenvalue weighted by Crippen LogP contribution is -2.25. The number of hydrogen-bond donors (Lipinski definition) is 2. The molecule has 3 aromatic carbocycles. The van der Waals surface area contributed by atoms with E-state index in [2.05, 4.69) is 51.5 Å². The first-order valence-electron chi connectivity index (χ1n) is 12.2. The Hall–Kier alpha value is -3.77. The van der Waals surface area contributed by atoms with Crippen LogP contribution in [0.3, 0.4) is 0 Å². The van der Waals surface area contributed by atoms with Gasteiger partial charge in [0.1, 0.15) is 12.4 Å². The number of H-pyrrole nitrogens is 1. The number of ether oxygens (including phenoxy) is 2. The molecule has 0 spiro atoms. The van der Waals surface area contributed by atoms with Crippen molar-refractivity contribution < 1.29 is 14.6 Å². The van der Waals surface area contributed by atoms with Gasteiger partial charge in [-0.2, -0.15) is 5.10 Å². The van der Waals surface area contributed by atoms with Crippen LogP contribution in [-0.4, -0.2) is 53.6 Å². The van der Waals surface area contributed by atoms with Gasteiger partial charge in [0.15, 0.2) is 11.5 Å². The number of phenolic OH excluding ortho intramolecular Hbond substituents is 1. The molecule has 0 saturated carbocycles. The second-order valence-corrected chi connectivity index (χ2v) is 9.28. The summed E-state index contributed by atoms with van der Waals surface area (Å²) < 4.78 is 11.8. The highest BCUT2D eigenvalue weighted by Gasteiger charge is 2.27. The van der Waals surface area contributed by atoms with Crippen molar-refractivity contribution in [3.05, 3.63) is 71.8 Å². The normalized spacial score (nSPS) is 14.7. The number of aromatic hydroxyl groups is 1. The number of fused-ring (bicyclic) bond motifs is 3. The van der Waals surface area contributed by atoms with Gasteiger partial charge in [-0.15, -0.1) is 0 Å².